The predicted molar refractivity (Wildman–Crippen MR) is 257 cm³/mol. The zero-order valence-electron chi connectivity index (χ0n) is 33.5. The van der Waals surface area contributed by atoms with Crippen molar-refractivity contribution in [3.63, 3.8) is 0 Å². The topological polar surface area (TPSA) is 9.86 Å². The number of hydrogen-bond donors (Lipinski definition) is 0. The third kappa shape index (κ3) is 5.21. The van der Waals surface area contributed by atoms with Gasteiger partial charge in [-0.1, -0.05) is 170 Å². The van der Waals surface area contributed by atoms with Crippen molar-refractivity contribution in [2.45, 2.75) is 0 Å². The molecule has 0 unspecified atom stereocenters. The van der Waals surface area contributed by atoms with Crippen molar-refractivity contribution in [2.24, 2.45) is 14.1 Å². The first-order chi connectivity index (χ1) is 29.6. The summed E-state index contributed by atoms with van der Waals surface area (Å²) in [5.41, 5.74) is 17.1. The summed E-state index contributed by atoms with van der Waals surface area (Å²) in [7, 11) is 4.37. The number of fused-ring (bicyclic) bond motifs is 8. The molecule has 0 aliphatic rings. The molecule has 2 aromatic heterocycles. The molecule has 0 spiro atoms. The van der Waals surface area contributed by atoms with Gasteiger partial charge in [-0.25, -0.2) is 0 Å². The Morgan fingerprint density at radius 2 is 0.683 bits per heavy atom. The van der Waals surface area contributed by atoms with Crippen molar-refractivity contribution in [3.8, 4) is 55.6 Å². The Bertz CT molecular complexity index is 3480. The molecule has 10 aromatic carbocycles. The van der Waals surface area contributed by atoms with E-state index in [1.807, 2.05) is 0 Å². The molecule has 12 rings (SSSR count). The maximum atomic E-state index is 2.47. The molecule has 0 saturated heterocycles. The van der Waals surface area contributed by atoms with E-state index in [-0.39, 0.29) is 0 Å². The second-order valence-corrected chi connectivity index (χ2v) is 16.2. The Labute approximate surface area is 348 Å². The lowest BCUT2D eigenvalue weighted by atomic mass is 9.83. The second-order valence-electron chi connectivity index (χ2n) is 16.2. The van der Waals surface area contributed by atoms with Crippen LogP contribution in [0.5, 0.6) is 0 Å². The molecule has 0 fully saturated rings. The number of aromatic nitrogens is 2. The highest BCUT2D eigenvalue weighted by Gasteiger charge is 2.20. The normalized spacial score (nSPS) is 11.8. The molecule has 2 heterocycles. The number of nitrogens with zero attached hydrogens (tertiary/aromatic N) is 2. The van der Waals surface area contributed by atoms with Crippen molar-refractivity contribution >= 4 is 65.2 Å². The van der Waals surface area contributed by atoms with Crippen LogP contribution in [0.4, 0.5) is 0 Å². The molecule has 60 heavy (non-hydrogen) atoms. The first-order valence-corrected chi connectivity index (χ1v) is 20.8. The third-order valence-electron chi connectivity index (χ3n) is 13.0. The van der Waals surface area contributed by atoms with Crippen molar-refractivity contribution in [1.29, 1.82) is 0 Å². The molecule has 0 bridgehead atoms. The highest BCUT2D eigenvalue weighted by molar-refractivity contribution is 6.21. The maximum absolute atomic E-state index is 2.47. The van der Waals surface area contributed by atoms with Gasteiger partial charge in [-0.2, -0.15) is 0 Å². The predicted octanol–water partition coefficient (Wildman–Crippen LogP) is 15.6. The third-order valence-corrected chi connectivity index (χ3v) is 13.0. The summed E-state index contributed by atoms with van der Waals surface area (Å²) in [4.78, 5) is 0. The maximum Gasteiger partial charge on any atom is 0.0494 e. The fraction of sp³-hybridized carbons (Fsp3) is 0.0345. The van der Waals surface area contributed by atoms with Crippen LogP contribution in [0.2, 0.25) is 0 Å². The standard InChI is InChI=1S/C58H40N2/c1-59-54-25-11-9-19-44(54)46-30-28-40(34-56(46)59)42-21-13-23-48-52(42)36-53-43(41-29-31-47-45-20-10-12-26-55(45)60(2)57(47)35-41)22-14-24-49(53)58(48)50-32-27-39(37-15-5-3-6-16-37)33-51(50)38-17-7-4-8-18-38/h3-36H,1-2H3. The van der Waals surface area contributed by atoms with Gasteiger partial charge in [0.25, 0.3) is 0 Å². The number of para-hydroxylation sites is 2. The quantitative estimate of drug-likeness (QED) is 0.155. The first-order valence-electron chi connectivity index (χ1n) is 20.8. The Kier molecular flexibility index (Phi) is 7.70. The molecule has 0 aliphatic heterocycles. The molecule has 0 saturated carbocycles. The number of aryl methyl sites for hydroxylation is 2. The molecular weight excluding hydrogens is 725 g/mol. The summed E-state index contributed by atoms with van der Waals surface area (Å²) in [6, 6.07) is 76.4. The molecule has 2 heteroatoms. The summed E-state index contributed by atoms with van der Waals surface area (Å²) >= 11 is 0. The number of hydrogen-bond acceptors (Lipinski definition) is 0. The summed E-state index contributed by atoms with van der Waals surface area (Å²) in [5.74, 6) is 0. The van der Waals surface area contributed by atoms with E-state index in [0.717, 1.165) is 0 Å². The minimum atomic E-state index is 1.20. The smallest absolute Gasteiger partial charge is 0.0494 e. The molecule has 2 nitrogen and oxygen atoms in total. The van der Waals surface area contributed by atoms with E-state index in [4.69, 9.17) is 0 Å². The molecule has 12 aromatic rings. The lowest BCUT2D eigenvalue weighted by Crippen LogP contribution is -1.94. The lowest BCUT2D eigenvalue weighted by Gasteiger charge is -2.20. The Hall–Kier alpha value is -7.68. The summed E-state index contributed by atoms with van der Waals surface area (Å²) < 4.78 is 4.67. The number of benzene rings is 10. The average Bonchev–Trinajstić information content (AvgIpc) is 3.77. The van der Waals surface area contributed by atoms with Crippen LogP contribution in [-0.4, -0.2) is 9.13 Å². The second kappa shape index (κ2) is 13.4. The molecule has 0 radical (unpaired) electrons. The van der Waals surface area contributed by atoms with Crippen molar-refractivity contribution in [3.05, 3.63) is 206 Å². The zero-order chi connectivity index (χ0) is 39.9. The van der Waals surface area contributed by atoms with Crippen LogP contribution in [0, 0.1) is 0 Å². The van der Waals surface area contributed by atoms with E-state index >= 15 is 0 Å². The first kappa shape index (κ1) is 34.4. The fourth-order valence-electron chi connectivity index (χ4n) is 10.0. The SMILES string of the molecule is Cn1c2ccccc2c2ccc(-c3cccc4c(-c5ccc(-c6ccccc6)cc5-c5ccccc5)c5cccc(-c6ccc7c8ccccc8n(C)c7c6)c5cc34)cc21. The monoisotopic (exact) mass is 764 g/mol. The van der Waals surface area contributed by atoms with Gasteiger partial charge in [-0.05, 0) is 114 Å². The van der Waals surface area contributed by atoms with Gasteiger partial charge < -0.3 is 9.13 Å². The van der Waals surface area contributed by atoms with Crippen LogP contribution < -0.4 is 0 Å². The zero-order valence-corrected chi connectivity index (χ0v) is 33.5. The van der Waals surface area contributed by atoms with E-state index in [1.54, 1.807) is 0 Å². The van der Waals surface area contributed by atoms with E-state index in [2.05, 4.69) is 229 Å². The minimum absolute atomic E-state index is 1.20. The van der Waals surface area contributed by atoms with Gasteiger partial charge in [0.05, 0.1) is 0 Å². The number of rotatable bonds is 5. The van der Waals surface area contributed by atoms with E-state index in [1.165, 1.54) is 121 Å². The van der Waals surface area contributed by atoms with Crippen LogP contribution in [-0.2, 0) is 14.1 Å². The van der Waals surface area contributed by atoms with E-state index in [9.17, 15) is 0 Å². The van der Waals surface area contributed by atoms with Gasteiger partial charge >= 0.3 is 0 Å². The molecule has 0 amide bonds. The van der Waals surface area contributed by atoms with Crippen molar-refractivity contribution in [2.75, 3.05) is 0 Å². The molecule has 282 valence electrons. The van der Waals surface area contributed by atoms with Gasteiger partial charge in [-0.3, -0.25) is 0 Å². The molecular formula is C58H40N2. The highest BCUT2D eigenvalue weighted by atomic mass is 14.9. The van der Waals surface area contributed by atoms with Crippen LogP contribution in [0.1, 0.15) is 0 Å². The molecule has 0 aliphatic carbocycles. The summed E-state index contributed by atoms with van der Waals surface area (Å²) in [6.07, 6.45) is 0. The van der Waals surface area contributed by atoms with Gasteiger partial charge in [0.15, 0.2) is 0 Å². The minimum Gasteiger partial charge on any atom is -0.344 e. The van der Waals surface area contributed by atoms with E-state index in [0.29, 0.717) is 0 Å². The van der Waals surface area contributed by atoms with Crippen LogP contribution in [0.25, 0.3) is 121 Å². The highest BCUT2D eigenvalue weighted by Crippen LogP contribution is 2.47. The summed E-state index contributed by atoms with van der Waals surface area (Å²) in [6.45, 7) is 0. The van der Waals surface area contributed by atoms with Crippen molar-refractivity contribution < 1.29 is 0 Å². The van der Waals surface area contributed by atoms with Gasteiger partial charge in [0.1, 0.15) is 0 Å². The van der Waals surface area contributed by atoms with Gasteiger partial charge in [-0.15, -0.1) is 0 Å². The van der Waals surface area contributed by atoms with Gasteiger partial charge in [0.2, 0.25) is 0 Å². The average molecular weight is 765 g/mol. The van der Waals surface area contributed by atoms with Crippen LogP contribution >= 0.6 is 0 Å². The van der Waals surface area contributed by atoms with Crippen LogP contribution in [0.3, 0.4) is 0 Å². The Balaban J connectivity index is 1.18. The largest absolute Gasteiger partial charge is 0.344 e. The Morgan fingerprint density at radius 1 is 0.233 bits per heavy atom. The van der Waals surface area contributed by atoms with E-state index < -0.39 is 0 Å². The fourth-order valence-corrected chi connectivity index (χ4v) is 10.0. The molecule has 0 N–H and O–H groups in total. The van der Waals surface area contributed by atoms with Crippen molar-refractivity contribution in [1.82, 2.24) is 9.13 Å². The van der Waals surface area contributed by atoms with Crippen LogP contribution in [0.15, 0.2) is 206 Å². The van der Waals surface area contributed by atoms with Gasteiger partial charge in [0, 0.05) is 57.7 Å². The molecule has 0 atom stereocenters. The lowest BCUT2D eigenvalue weighted by molar-refractivity contribution is 1.01. The summed E-state index contributed by atoms with van der Waals surface area (Å²) in [5, 5.41) is 10.1. The Morgan fingerprint density at radius 3 is 1.23 bits per heavy atom.